The van der Waals surface area contributed by atoms with Gasteiger partial charge in [-0.2, -0.15) is 0 Å². The van der Waals surface area contributed by atoms with E-state index in [0.29, 0.717) is 13.1 Å². The summed E-state index contributed by atoms with van der Waals surface area (Å²) in [6, 6.07) is 16.5. The Hall–Kier alpha value is -2.82. The molecule has 0 radical (unpaired) electrons. The summed E-state index contributed by atoms with van der Waals surface area (Å²) in [4.78, 5) is 29.0. The minimum absolute atomic E-state index is 0.0434. The molecular weight excluding hydrogens is 350 g/mol. The van der Waals surface area contributed by atoms with Crippen LogP contribution in [0.15, 0.2) is 48.5 Å². The van der Waals surface area contributed by atoms with Gasteiger partial charge in [0.05, 0.1) is 0 Å². The second kappa shape index (κ2) is 8.05. The van der Waals surface area contributed by atoms with Crippen molar-refractivity contribution < 1.29 is 9.59 Å². The molecule has 2 aliphatic heterocycles. The predicted octanol–water partition coefficient (Wildman–Crippen LogP) is 3.68. The van der Waals surface area contributed by atoms with E-state index < -0.39 is 0 Å². The van der Waals surface area contributed by atoms with Gasteiger partial charge in [-0.25, -0.2) is 4.79 Å². The third-order valence-electron chi connectivity index (χ3n) is 5.77. The summed E-state index contributed by atoms with van der Waals surface area (Å²) in [5, 5.41) is 2.92. The number of rotatable bonds is 3. The van der Waals surface area contributed by atoms with Crippen molar-refractivity contribution >= 4 is 11.9 Å². The van der Waals surface area contributed by atoms with Crippen LogP contribution < -0.4 is 5.32 Å². The minimum Gasteiger partial charge on any atom is -0.338 e. The fraction of sp³-hybridized carbons (Fsp3) is 0.391. The summed E-state index contributed by atoms with van der Waals surface area (Å²) in [7, 11) is 0. The monoisotopic (exact) mass is 377 g/mol. The molecule has 2 heterocycles. The quantitative estimate of drug-likeness (QED) is 0.887. The summed E-state index contributed by atoms with van der Waals surface area (Å²) < 4.78 is 0. The number of likely N-dealkylation sites (tertiary alicyclic amines) is 1. The van der Waals surface area contributed by atoms with Crippen molar-refractivity contribution in [1.82, 2.24) is 15.1 Å². The van der Waals surface area contributed by atoms with Crippen molar-refractivity contribution in [3.8, 4) is 11.1 Å². The lowest BCUT2D eigenvalue weighted by Crippen LogP contribution is -2.54. The normalized spacial score (nSPS) is 18.1. The molecular formula is C23H27N3O2. The van der Waals surface area contributed by atoms with Crippen LogP contribution in [0.25, 0.3) is 11.1 Å². The van der Waals surface area contributed by atoms with E-state index in [1.165, 1.54) is 5.56 Å². The van der Waals surface area contributed by atoms with E-state index in [-0.39, 0.29) is 18.0 Å². The molecule has 0 aromatic heterocycles. The molecule has 0 spiro atoms. The van der Waals surface area contributed by atoms with Gasteiger partial charge in [-0.05, 0) is 49.4 Å². The summed E-state index contributed by atoms with van der Waals surface area (Å²) >= 11 is 0. The Kier molecular flexibility index (Phi) is 5.33. The van der Waals surface area contributed by atoms with Gasteiger partial charge in [-0.1, -0.05) is 42.0 Å². The number of hydrogen-bond donors (Lipinski definition) is 1. The van der Waals surface area contributed by atoms with Crippen LogP contribution >= 0.6 is 0 Å². The lowest BCUT2D eigenvalue weighted by Gasteiger charge is -2.40. The van der Waals surface area contributed by atoms with Crippen LogP contribution in [-0.2, 0) is 0 Å². The third kappa shape index (κ3) is 3.88. The zero-order valence-corrected chi connectivity index (χ0v) is 16.4. The topological polar surface area (TPSA) is 52.7 Å². The highest BCUT2D eigenvalue weighted by Crippen LogP contribution is 2.24. The Morgan fingerprint density at radius 1 is 1.00 bits per heavy atom. The standard InChI is InChI=1S/C23H27N3O2/c1-17-5-2-6-18(15-17)19-7-3-8-20(16-19)22(27)25-13-9-21(10-14-25)26-12-4-11-24-23(26)28/h2-3,5-8,15-16,21H,4,9-14H2,1H3,(H,24,28). The molecule has 2 aromatic carbocycles. The Bertz CT molecular complexity index is 872. The highest BCUT2D eigenvalue weighted by Gasteiger charge is 2.31. The number of hydrogen-bond acceptors (Lipinski definition) is 2. The number of aryl methyl sites for hydroxylation is 1. The number of nitrogens with zero attached hydrogens (tertiary/aromatic N) is 2. The van der Waals surface area contributed by atoms with Gasteiger partial charge in [0.25, 0.3) is 5.91 Å². The van der Waals surface area contributed by atoms with Gasteiger partial charge < -0.3 is 15.1 Å². The van der Waals surface area contributed by atoms with Crippen LogP contribution in [0.4, 0.5) is 4.79 Å². The maximum absolute atomic E-state index is 13.0. The highest BCUT2D eigenvalue weighted by molar-refractivity contribution is 5.95. The molecule has 0 saturated carbocycles. The Morgan fingerprint density at radius 2 is 1.71 bits per heavy atom. The van der Waals surface area contributed by atoms with Crippen LogP contribution in [0.3, 0.4) is 0 Å². The molecule has 0 atom stereocenters. The van der Waals surface area contributed by atoms with Crippen LogP contribution in [-0.4, -0.2) is 54.0 Å². The summed E-state index contributed by atoms with van der Waals surface area (Å²) in [5.41, 5.74) is 4.13. The molecule has 5 nitrogen and oxygen atoms in total. The van der Waals surface area contributed by atoms with E-state index in [0.717, 1.165) is 49.0 Å². The lowest BCUT2D eigenvalue weighted by atomic mass is 9.99. The van der Waals surface area contributed by atoms with Crippen molar-refractivity contribution in [2.75, 3.05) is 26.2 Å². The first-order valence-electron chi connectivity index (χ1n) is 10.1. The molecule has 3 amide bonds. The smallest absolute Gasteiger partial charge is 0.317 e. The van der Waals surface area contributed by atoms with E-state index in [1.807, 2.05) is 40.1 Å². The van der Waals surface area contributed by atoms with Crippen LogP contribution in [0.1, 0.15) is 35.2 Å². The number of amides is 3. The average Bonchev–Trinajstić information content (AvgIpc) is 2.74. The van der Waals surface area contributed by atoms with Crippen molar-refractivity contribution in [1.29, 1.82) is 0 Å². The average molecular weight is 377 g/mol. The molecule has 0 aliphatic carbocycles. The molecule has 4 rings (SSSR count). The number of urea groups is 1. The van der Waals surface area contributed by atoms with E-state index in [9.17, 15) is 9.59 Å². The second-order valence-corrected chi connectivity index (χ2v) is 7.75. The maximum Gasteiger partial charge on any atom is 0.317 e. The lowest BCUT2D eigenvalue weighted by molar-refractivity contribution is 0.0642. The molecule has 146 valence electrons. The van der Waals surface area contributed by atoms with Gasteiger partial charge in [0, 0.05) is 37.8 Å². The molecule has 2 aliphatic rings. The Balaban J connectivity index is 1.43. The number of piperidine rings is 1. The van der Waals surface area contributed by atoms with Crippen molar-refractivity contribution in [2.24, 2.45) is 0 Å². The van der Waals surface area contributed by atoms with Gasteiger partial charge in [-0.15, -0.1) is 0 Å². The van der Waals surface area contributed by atoms with Crippen molar-refractivity contribution in [3.05, 3.63) is 59.7 Å². The minimum atomic E-state index is 0.0434. The Labute approximate surface area is 166 Å². The number of carbonyl (C=O) groups excluding carboxylic acids is 2. The van der Waals surface area contributed by atoms with Gasteiger partial charge in [0.2, 0.25) is 0 Å². The van der Waals surface area contributed by atoms with Crippen LogP contribution in [0, 0.1) is 6.92 Å². The molecule has 2 saturated heterocycles. The summed E-state index contributed by atoms with van der Waals surface area (Å²) in [6.45, 7) is 5.06. The van der Waals surface area contributed by atoms with Gasteiger partial charge in [0.1, 0.15) is 0 Å². The molecule has 0 bridgehead atoms. The molecule has 1 N–H and O–H groups in total. The maximum atomic E-state index is 13.0. The first-order chi connectivity index (χ1) is 13.6. The Morgan fingerprint density at radius 3 is 2.43 bits per heavy atom. The zero-order chi connectivity index (χ0) is 19.5. The van der Waals surface area contributed by atoms with Crippen LogP contribution in [0.2, 0.25) is 0 Å². The van der Waals surface area contributed by atoms with Crippen molar-refractivity contribution in [2.45, 2.75) is 32.2 Å². The SMILES string of the molecule is Cc1cccc(-c2cccc(C(=O)N3CCC(N4CCCNC4=O)CC3)c2)c1. The zero-order valence-electron chi connectivity index (χ0n) is 16.4. The molecule has 2 aromatic rings. The summed E-state index contributed by atoms with van der Waals surface area (Å²) in [6.07, 6.45) is 2.68. The number of nitrogens with one attached hydrogen (secondary N) is 1. The fourth-order valence-electron chi connectivity index (χ4n) is 4.22. The first kappa shape index (κ1) is 18.5. The molecule has 5 heteroatoms. The van der Waals surface area contributed by atoms with E-state index in [2.05, 4.69) is 30.4 Å². The molecule has 2 fully saturated rings. The number of benzene rings is 2. The summed E-state index contributed by atoms with van der Waals surface area (Å²) in [5.74, 6) is 0.0797. The fourth-order valence-corrected chi connectivity index (χ4v) is 4.22. The predicted molar refractivity (Wildman–Crippen MR) is 110 cm³/mol. The van der Waals surface area contributed by atoms with Crippen LogP contribution in [0.5, 0.6) is 0 Å². The molecule has 0 unspecified atom stereocenters. The first-order valence-corrected chi connectivity index (χ1v) is 10.1. The molecule has 28 heavy (non-hydrogen) atoms. The van der Waals surface area contributed by atoms with Gasteiger partial charge in [0.15, 0.2) is 0 Å². The van der Waals surface area contributed by atoms with E-state index in [1.54, 1.807) is 0 Å². The third-order valence-corrected chi connectivity index (χ3v) is 5.77. The van der Waals surface area contributed by atoms with Crippen molar-refractivity contribution in [3.63, 3.8) is 0 Å². The van der Waals surface area contributed by atoms with Gasteiger partial charge in [-0.3, -0.25) is 4.79 Å². The number of carbonyl (C=O) groups is 2. The van der Waals surface area contributed by atoms with E-state index >= 15 is 0 Å². The highest BCUT2D eigenvalue weighted by atomic mass is 16.2. The largest absolute Gasteiger partial charge is 0.338 e. The van der Waals surface area contributed by atoms with E-state index in [4.69, 9.17) is 0 Å². The second-order valence-electron chi connectivity index (χ2n) is 7.75. The van der Waals surface area contributed by atoms with Gasteiger partial charge >= 0.3 is 6.03 Å².